The Bertz CT molecular complexity index is 1740. The van der Waals surface area contributed by atoms with Crippen LogP contribution in [0.4, 0.5) is 17.1 Å². The third kappa shape index (κ3) is 9.53. The number of fused-ring (bicyclic) bond motifs is 4. The van der Waals surface area contributed by atoms with Gasteiger partial charge in [-0.05, 0) is 66.3 Å². The Morgan fingerprint density at radius 2 is 1.16 bits per heavy atom. The van der Waals surface area contributed by atoms with Crippen LogP contribution in [0.25, 0.3) is 0 Å². The van der Waals surface area contributed by atoms with E-state index in [4.69, 9.17) is 4.99 Å². The van der Waals surface area contributed by atoms with Gasteiger partial charge in [0.15, 0.2) is 0 Å². The molecule has 4 unspecified atom stereocenters. The Morgan fingerprint density at radius 3 is 1.75 bits per heavy atom. The van der Waals surface area contributed by atoms with E-state index in [1.54, 1.807) is 11.1 Å². The molecule has 0 N–H and O–H groups in total. The lowest BCUT2D eigenvalue weighted by Crippen LogP contribution is -2.33. The molecule has 4 aliphatic rings. The minimum absolute atomic E-state index is 0.103. The van der Waals surface area contributed by atoms with Gasteiger partial charge in [0.2, 0.25) is 0 Å². The van der Waals surface area contributed by atoms with Crippen LogP contribution in [0.15, 0.2) is 132 Å². The van der Waals surface area contributed by atoms with Crippen LogP contribution in [0.3, 0.4) is 0 Å². The van der Waals surface area contributed by atoms with E-state index < -0.39 is 0 Å². The zero-order valence-electron chi connectivity index (χ0n) is 33.9. The molecule has 0 spiro atoms. The number of thioether (sulfide) groups is 1. The molecule has 1 heterocycles. The number of unbranched alkanes of at least 4 members (excludes halogenated alkanes) is 14. The summed E-state index contributed by atoms with van der Waals surface area (Å²) in [6, 6.07) is 29.8. The summed E-state index contributed by atoms with van der Waals surface area (Å²) in [6.45, 7) is 4.64. The smallest absolute Gasteiger partial charge is 0.0988 e. The number of rotatable bonds is 22. The first-order chi connectivity index (χ1) is 27.2. The fourth-order valence-corrected chi connectivity index (χ4v) is 11.1. The molecular weight excluding hydrogens is 685 g/mol. The first-order valence-electron chi connectivity index (χ1n) is 22.3. The van der Waals surface area contributed by atoms with Crippen LogP contribution in [0.2, 0.25) is 0 Å². The van der Waals surface area contributed by atoms with Crippen LogP contribution in [-0.4, -0.2) is 16.3 Å². The first-order valence-corrected chi connectivity index (χ1v) is 23.1. The average molecular weight is 751 g/mol. The van der Waals surface area contributed by atoms with E-state index >= 15 is 0 Å². The normalized spacial score (nSPS) is 21.6. The van der Waals surface area contributed by atoms with Gasteiger partial charge in [0.1, 0.15) is 0 Å². The Balaban J connectivity index is 1.24. The van der Waals surface area contributed by atoms with Crippen molar-refractivity contribution in [1.82, 2.24) is 0 Å². The van der Waals surface area contributed by atoms with Crippen LogP contribution < -0.4 is 4.90 Å². The van der Waals surface area contributed by atoms with Gasteiger partial charge in [-0.15, -0.1) is 0 Å². The highest BCUT2D eigenvalue weighted by Gasteiger charge is 2.51. The molecule has 7 rings (SSSR count). The maximum Gasteiger partial charge on any atom is 0.0988 e. The van der Waals surface area contributed by atoms with Gasteiger partial charge in [-0.25, -0.2) is 0 Å². The van der Waals surface area contributed by atoms with Crippen molar-refractivity contribution in [2.75, 3.05) is 4.90 Å². The van der Waals surface area contributed by atoms with Gasteiger partial charge < -0.3 is 4.90 Å². The van der Waals surface area contributed by atoms with Crippen molar-refractivity contribution in [2.24, 2.45) is 10.9 Å². The summed E-state index contributed by atoms with van der Waals surface area (Å²) in [5, 5.41) is 1.67. The third-order valence-corrected chi connectivity index (χ3v) is 14.1. The maximum absolute atomic E-state index is 5.30. The summed E-state index contributed by atoms with van der Waals surface area (Å²) in [4.78, 5) is 7.77. The number of aliphatic imine (C=N–C) groups is 1. The summed E-state index contributed by atoms with van der Waals surface area (Å²) < 4.78 is 0. The number of nitrogens with zero attached hydrogens (tertiary/aromatic N) is 2. The first kappa shape index (κ1) is 39.7. The molecule has 0 amide bonds. The lowest BCUT2D eigenvalue weighted by Gasteiger charge is -2.39. The highest BCUT2D eigenvalue weighted by Crippen LogP contribution is 2.59. The third-order valence-electron chi connectivity index (χ3n) is 12.9. The van der Waals surface area contributed by atoms with E-state index in [0.717, 1.165) is 0 Å². The fourth-order valence-electron chi connectivity index (χ4n) is 9.92. The Labute approximate surface area is 338 Å². The van der Waals surface area contributed by atoms with Crippen LogP contribution in [-0.2, 0) is 5.41 Å². The van der Waals surface area contributed by atoms with E-state index in [2.05, 4.69) is 140 Å². The predicted octanol–water partition coefficient (Wildman–Crippen LogP) is 15.7. The Kier molecular flexibility index (Phi) is 14.5. The van der Waals surface area contributed by atoms with Gasteiger partial charge in [-0.3, -0.25) is 4.99 Å². The molecule has 3 heteroatoms. The van der Waals surface area contributed by atoms with E-state index in [0.29, 0.717) is 17.1 Å². The predicted molar refractivity (Wildman–Crippen MR) is 242 cm³/mol. The highest BCUT2D eigenvalue weighted by atomic mass is 32.2. The fraction of sp³-hybridized carbons (Fsp3) is 0.481. The zero-order chi connectivity index (χ0) is 37.7. The van der Waals surface area contributed by atoms with Crippen LogP contribution in [0.1, 0.15) is 146 Å². The minimum Gasteiger partial charge on any atom is -0.310 e. The molecule has 3 aliphatic carbocycles. The topological polar surface area (TPSA) is 15.6 Å². The van der Waals surface area contributed by atoms with Crippen molar-refractivity contribution >= 4 is 33.9 Å². The van der Waals surface area contributed by atoms with Crippen molar-refractivity contribution in [2.45, 2.75) is 152 Å². The van der Waals surface area contributed by atoms with Crippen LogP contribution in [0, 0.1) is 5.92 Å². The van der Waals surface area contributed by atoms with Gasteiger partial charge in [0.25, 0.3) is 0 Å². The van der Waals surface area contributed by atoms with Crippen LogP contribution >= 0.6 is 11.8 Å². The lowest BCUT2D eigenvalue weighted by atomic mass is 9.65. The Morgan fingerprint density at radius 1 is 0.600 bits per heavy atom. The van der Waals surface area contributed by atoms with Gasteiger partial charge in [-0.1, -0.05) is 213 Å². The molecule has 4 atom stereocenters. The molecule has 0 radical (unpaired) electrons. The number of anilines is 3. The quantitative estimate of drug-likeness (QED) is 0.0951. The molecular formula is C52H66N2S. The average Bonchev–Trinajstić information content (AvgIpc) is 3.78. The van der Waals surface area contributed by atoms with Crippen molar-refractivity contribution < 1.29 is 0 Å². The SMILES string of the molecule is CCCCCCCCCCC1(CCCCCCCCCC)c2cc(N(c3ccccc3)c3ccccc3)ccc2C2C=CC(C3=NC4C=CC=CC4S3)=CC21. The number of hydrogen-bond donors (Lipinski definition) is 0. The van der Waals surface area contributed by atoms with E-state index in [-0.39, 0.29) is 11.5 Å². The molecule has 2 nitrogen and oxygen atoms in total. The van der Waals surface area contributed by atoms with Gasteiger partial charge in [0.05, 0.1) is 16.3 Å². The minimum atomic E-state index is 0.103. The number of para-hydroxylation sites is 2. The van der Waals surface area contributed by atoms with Crippen molar-refractivity contribution in [3.05, 3.63) is 138 Å². The summed E-state index contributed by atoms with van der Waals surface area (Å²) >= 11 is 1.97. The summed E-state index contributed by atoms with van der Waals surface area (Å²) in [5.74, 6) is 0.859. The van der Waals surface area contributed by atoms with Gasteiger partial charge in [-0.2, -0.15) is 0 Å². The van der Waals surface area contributed by atoms with E-state index in [1.807, 2.05) is 11.8 Å². The zero-order valence-corrected chi connectivity index (χ0v) is 34.7. The summed E-state index contributed by atoms with van der Waals surface area (Å²) in [5.41, 5.74) is 8.34. The van der Waals surface area contributed by atoms with E-state index in [9.17, 15) is 0 Å². The molecule has 0 fully saturated rings. The lowest BCUT2D eigenvalue weighted by molar-refractivity contribution is 0.263. The molecule has 0 bridgehead atoms. The van der Waals surface area contributed by atoms with Gasteiger partial charge in [0, 0.05) is 34.0 Å². The van der Waals surface area contributed by atoms with Crippen molar-refractivity contribution in [1.29, 1.82) is 0 Å². The van der Waals surface area contributed by atoms with Crippen molar-refractivity contribution in [3.8, 4) is 0 Å². The molecule has 55 heavy (non-hydrogen) atoms. The molecule has 3 aromatic carbocycles. The second-order valence-corrected chi connectivity index (χ2v) is 17.9. The molecule has 1 aliphatic heterocycles. The Hall–Kier alpha value is -3.56. The molecule has 0 saturated carbocycles. The molecule has 3 aromatic rings. The maximum atomic E-state index is 5.30. The summed E-state index contributed by atoms with van der Waals surface area (Å²) in [7, 11) is 0. The second-order valence-electron chi connectivity index (χ2n) is 16.7. The largest absolute Gasteiger partial charge is 0.310 e. The van der Waals surface area contributed by atoms with E-state index in [1.165, 1.54) is 143 Å². The monoisotopic (exact) mass is 750 g/mol. The highest BCUT2D eigenvalue weighted by molar-refractivity contribution is 8.15. The number of hydrogen-bond acceptors (Lipinski definition) is 3. The number of allylic oxidation sites excluding steroid dienone is 5. The van der Waals surface area contributed by atoms with Crippen LogP contribution in [0.5, 0.6) is 0 Å². The second kappa shape index (κ2) is 20.0. The summed E-state index contributed by atoms with van der Waals surface area (Å²) in [6.07, 6.45) is 41.0. The molecule has 290 valence electrons. The molecule has 0 aromatic heterocycles. The standard InChI is InChI=1S/C52H66N2S/c1-3-5-7-9-11-13-15-25-37-52(38-26-16-14-12-10-8-6-4-2)47-39-41(51-53-49-31-23-24-32-50(49)55-51)33-35-45(47)46-36-34-44(40-48(46)52)54(42-27-19-17-20-28-42)43-29-21-18-22-30-43/h17-24,27-36,39-40,45,47,49-50H,3-16,25-26,37-38H2,1-2H3. The number of benzene rings is 3. The molecule has 0 saturated heterocycles. The van der Waals surface area contributed by atoms with Crippen molar-refractivity contribution in [3.63, 3.8) is 0 Å². The van der Waals surface area contributed by atoms with Gasteiger partial charge >= 0.3 is 0 Å².